The highest BCUT2D eigenvalue weighted by atomic mass is 16.5. The van der Waals surface area contributed by atoms with Crippen LogP contribution in [0.1, 0.15) is 29.5 Å². The van der Waals surface area contributed by atoms with E-state index in [9.17, 15) is 4.79 Å². The molecule has 0 saturated carbocycles. The lowest BCUT2D eigenvalue weighted by Gasteiger charge is -2.27. The van der Waals surface area contributed by atoms with Crippen LogP contribution in [-0.2, 0) is 13.0 Å². The minimum absolute atomic E-state index is 0.172. The molecule has 0 radical (unpaired) electrons. The van der Waals surface area contributed by atoms with Gasteiger partial charge >= 0.3 is 6.03 Å². The molecule has 6 heteroatoms. The Kier molecular flexibility index (Phi) is 4.74. The Hall–Kier alpha value is -2.50. The highest BCUT2D eigenvalue weighted by Gasteiger charge is 2.23. The maximum Gasteiger partial charge on any atom is 0.315 e. The summed E-state index contributed by atoms with van der Waals surface area (Å²) in [7, 11) is 0. The van der Waals surface area contributed by atoms with Crippen molar-refractivity contribution in [1.29, 1.82) is 0 Å². The topological polar surface area (TPSA) is 70.4 Å². The minimum atomic E-state index is -0.172. The van der Waals surface area contributed by atoms with Gasteiger partial charge in [-0.15, -0.1) is 0 Å². The van der Waals surface area contributed by atoms with Crippen LogP contribution < -0.4 is 15.5 Å². The first-order chi connectivity index (χ1) is 11.6. The normalized spacial score (nSPS) is 14.4. The zero-order valence-electron chi connectivity index (χ0n) is 14.4. The van der Waals surface area contributed by atoms with Gasteiger partial charge in [-0.25, -0.2) is 4.79 Å². The van der Waals surface area contributed by atoms with E-state index in [0.29, 0.717) is 13.1 Å². The maximum absolute atomic E-state index is 12.0. The summed E-state index contributed by atoms with van der Waals surface area (Å²) < 4.78 is 5.10. The van der Waals surface area contributed by atoms with Crippen LogP contribution >= 0.6 is 0 Å². The molecule has 2 N–H and O–H groups in total. The molecule has 6 nitrogen and oxygen atoms in total. The number of amides is 2. The number of anilines is 1. The molecule has 1 aromatic heterocycles. The van der Waals surface area contributed by atoms with Gasteiger partial charge in [0.2, 0.25) is 0 Å². The second-order valence-corrected chi connectivity index (χ2v) is 6.29. The quantitative estimate of drug-likeness (QED) is 0.885. The van der Waals surface area contributed by atoms with Crippen LogP contribution in [0, 0.1) is 13.8 Å². The van der Waals surface area contributed by atoms with Gasteiger partial charge in [0.25, 0.3) is 0 Å². The van der Waals surface area contributed by atoms with E-state index in [0.717, 1.165) is 30.0 Å². The summed E-state index contributed by atoms with van der Waals surface area (Å²) in [6.07, 6.45) is 1.07. The van der Waals surface area contributed by atoms with E-state index in [1.807, 2.05) is 13.8 Å². The summed E-state index contributed by atoms with van der Waals surface area (Å²) in [5, 5.41) is 9.70. The van der Waals surface area contributed by atoms with E-state index in [-0.39, 0.29) is 12.1 Å². The van der Waals surface area contributed by atoms with E-state index < -0.39 is 0 Å². The number of aromatic nitrogens is 1. The number of para-hydroxylation sites is 1. The molecular formula is C18H24N4O2. The molecule has 0 bridgehead atoms. The molecule has 1 unspecified atom stereocenters. The fraction of sp³-hybridized carbons (Fsp3) is 0.444. The molecule has 0 aliphatic carbocycles. The highest BCUT2D eigenvalue weighted by molar-refractivity contribution is 5.74. The molecule has 0 fully saturated rings. The summed E-state index contributed by atoms with van der Waals surface area (Å²) >= 11 is 0. The van der Waals surface area contributed by atoms with Crippen molar-refractivity contribution < 1.29 is 9.32 Å². The molecule has 3 rings (SSSR count). The Balaban J connectivity index is 1.48. The molecule has 1 aliphatic rings. The summed E-state index contributed by atoms with van der Waals surface area (Å²) in [6.45, 7) is 7.88. The van der Waals surface area contributed by atoms with Gasteiger partial charge in [-0.05, 0) is 38.8 Å². The fourth-order valence-electron chi connectivity index (χ4n) is 3.16. The van der Waals surface area contributed by atoms with Crippen LogP contribution in [0.15, 0.2) is 28.8 Å². The van der Waals surface area contributed by atoms with Crippen molar-refractivity contribution in [3.63, 3.8) is 0 Å². The monoisotopic (exact) mass is 328 g/mol. The molecule has 1 atom stereocenters. The number of carbonyl (C=O) groups is 1. The number of urea groups is 1. The Bertz CT molecular complexity index is 706. The Morgan fingerprint density at radius 1 is 1.33 bits per heavy atom. The average molecular weight is 328 g/mol. The molecule has 0 spiro atoms. The van der Waals surface area contributed by atoms with Crippen LogP contribution in [0.25, 0.3) is 0 Å². The van der Waals surface area contributed by atoms with Gasteiger partial charge in [0.1, 0.15) is 5.76 Å². The number of hydrogen-bond donors (Lipinski definition) is 2. The van der Waals surface area contributed by atoms with Gasteiger partial charge < -0.3 is 20.1 Å². The largest absolute Gasteiger partial charge is 0.366 e. The third-order valence-corrected chi connectivity index (χ3v) is 4.62. The van der Waals surface area contributed by atoms with Gasteiger partial charge in [0.05, 0.1) is 5.69 Å². The molecule has 2 aromatic rings. The number of nitrogens with one attached hydrogen (secondary N) is 2. The number of nitrogens with zero attached hydrogens (tertiary/aromatic N) is 2. The number of carbonyl (C=O) groups excluding carboxylic acids is 1. The van der Waals surface area contributed by atoms with Crippen LogP contribution in [0.2, 0.25) is 0 Å². The molecule has 0 saturated heterocycles. The highest BCUT2D eigenvalue weighted by Crippen LogP contribution is 2.28. The second kappa shape index (κ2) is 6.95. The van der Waals surface area contributed by atoms with Gasteiger partial charge in [0, 0.05) is 36.9 Å². The lowest BCUT2D eigenvalue weighted by molar-refractivity contribution is 0.240. The Labute approximate surface area is 142 Å². The number of hydrogen-bond acceptors (Lipinski definition) is 4. The van der Waals surface area contributed by atoms with Crippen molar-refractivity contribution in [3.05, 3.63) is 46.8 Å². The summed E-state index contributed by atoms with van der Waals surface area (Å²) in [4.78, 5) is 14.4. The zero-order valence-corrected chi connectivity index (χ0v) is 14.4. The fourth-order valence-corrected chi connectivity index (χ4v) is 3.16. The van der Waals surface area contributed by atoms with Crippen LogP contribution in [0.5, 0.6) is 0 Å². The average Bonchev–Trinajstić information content (AvgIpc) is 3.15. The summed E-state index contributed by atoms with van der Waals surface area (Å²) in [6, 6.07) is 8.54. The zero-order chi connectivity index (χ0) is 17.1. The predicted molar refractivity (Wildman–Crippen MR) is 93.2 cm³/mol. The van der Waals surface area contributed by atoms with Gasteiger partial charge in [-0.2, -0.15) is 0 Å². The van der Waals surface area contributed by atoms with Gasteiger partial charge in [-0.1, -0.05) is 23.4 Å². The first kappa shape index (κ1) is 16.4. The van der Waals surface area contributed by atoms with E-state index >= 15 is 0 Å². The molecule has 2 amide bonds. The third kappa shape index (κ3) is 3.37. The number of benzene rings is 1. The molecule has 1 aromatic carbocycles. The smallest absolute Gasteiger partial charge is 0.315 e. The first-order valence-corrected chi connectivity index (χ1v) is 8.34. The van der Waals surface area contributed by atoms with Crippen molar-refractivity contribution in [2.75, 3.05) is 18.0 Å². The minimum Gasteiger partial charge on any atom is -0.366 e. The molecular weight excluding hydrogens is 304 g/mol. The van der Waals surface area contributed by atoms with Crippen molar-refractivity contribution in [2.45, 2.75) is 39.8 Å². The van der Waals surface area contributed by atoms with E-state index in [2.05, 4.69) is 51.9 Å². The van der Waals surface area contributed by atoms with E-state index in [1.54, 1.807) is 0 Å². The first-order valence-electron chi connectivity index (χ1n) is 8.34. The standard InChI is InChI=1S/C18H24N4O2/c1-12(22-9-8-15-6-4-5-7-17(15)22)10-19-18(23)20-11-16-13(2)21-24-14(16)3/h4-7,12H,8-11H2,1-3H3,(H2,19,20,23). The van der Waals surface area contributed by atoms with Crippen LogP contribution in [-0.4, -0.2) is 30.3 Å². The summed E-state index contributed by atoms with van der Waals surface area (Å²) in [5.74, 6) is 0.745. The second-order valence-electron chi connectivity index (χ2n) is 6.29. The molecule has 24 heavy (non-hydrogen) atoms. The van der Waals surface area contributed by atoms with E-state index in [4.69, 9.17) is 4.52 Å². The van der Waals surface area contributed by atoms with Crippen molar-refractivity contribution in [3.8, 4) is 0 Å². The van der Waals surface area contributed by atoms with Crippen molar-refractivity contribution in [1.82, 2.24) is 15.8 Å². The SMILES string of the molecule is Cc1noc(C)c1CNC(=O)NCC(C)N1CCc2ccccc21. The van der Waals surface area contributed by atoms with Gasteiger partial charge in [0.15, 0.2) is 0 Å². The number of rotatable bonds is 5. The third-order valence-electron chi connectivity index (χ3n) is 4.62. The number of fused-ring (bicyclic) bond motifs is 1. The van der Waals surface area contributed by atoms with E-state index in [1.165, 1.54) is 11.3 Å². The predicted octanol–water partition coefficient (Wildman–Crippen LogP) is 2.54. The molecule has 1 aliphatic heterocycles. The van der Waals surface area contributed by atoms with Crippen molar-refractivity contribution >= 4 is 11.7 Å². The molecule has 128 valence electrons. The van der Waals surface area contributed by atoms with Crippen LogP contribution in [0.3, 0.4) is 0 Å². The van der Waals surface area contributed by atoms with Crippen molar-refractivity contribution in [2.24, 2.45) is 0 Å². The lowest BCUT2D eigenvalue weighted by atomic mass is 10.2. The van der Waals surface area contributed by atoms with Gasteiger partial charge in [-0.3, -0.25) is 0 Å². The maximum atomic E-state index is 12.0. The molecule has 2 heterocycles. The number of aryl methyl sites for hydroxylation is 2. The Morgan fingerprint density at radius 2 is 2.12 bits per heavy atom. The Morgan fingerprint density at radius 3 is 2.88 bits per heavy atom. The van der Waals surface area contributed by atoms with Crippen LogP contribution in [0.4, 0.5) is 10.5 Å². The lowest BCUT2D eigenvalue weighted by Crippen LogP contribution is -2.44. The summed E-state index contributed by atoms with van der Waals surface area (Å²) in [5.41, 5.74) is 4.41.